The number of unbranched alkanes of at least 4 members (excludes halogenated alkanes) is 3. The van der Waals surface area contributed by atoms with Crippen LogP contribution in [0.25, 0.3) is 0 Å². The second-order valence-corrected chi connectivity index (χ2v) is 2.40. The van der Waals surface area contributed by atoms with Crippen molar-refractivity contribution in [2.45, 2.75) is 39.5 Å². The van der Waals surface area contributed by atoms with Crippen molar-refractivity contribution >= 4 is 18.4 Å². The van der Waals surface area contributed by atoms with Gasteiger partial charge >= 0.3 is 5.97 Å². The Hall–Kier alpha value is -0.240. The summed E-state index contributed by atoms with van der Waals surface area (Å²) in [6, 6.07) is 0. The summed E-state index contributed by atoms with van der Waals surface area (Å²) in [6.45, 7) is 4.20. The van der Waals surface area contributed by atoms with Crippen LogP contribution in [0.4, 0.5) is 0 Å². The van der Waals surface area contributed by atoms with E-state index in [-0.39, 0.29) is 18.4 Å². The van der Waals surface area contributed by atoms with Gasteiger partial charge in [0.15, 0.2) is 0 Å². The van der Waals surface area contributed by atoms with E-state index in [4.69, 9.17) is 4.74 Å². The fraction of sp³-hybridized carbons (Fsp3) is 0.875. The summed E-state index contributed by atoms with van der Waals surface area (Å²) in [7, 11) is 0. The molecule has 0 aromatic rings. The van der Waals surface area contributed by atoms with Gasteiger partial charge in [0.25, 0.3) is 0 Å². The van der Waals surface area contributed by atoms with Crippen molar-refractivity contribution in [3.8, 4) is 0 Å². The molecule has 0 saturated carbocycles. The van der Waals surface area contributed by atoms with Gasteiger partial charge in [-0.15, -0.1) is 12.4 Å². The summed E-state index contributed by atoms with van der Waals surface area (Å²) >= 11 is 0. The Balaban J connectivity index is 0. The van der Waals surface area contributed by atoms with Crippen molar-refractivity contribution in [2.24, 2.45) is 0 Å². The first-order valence-electron chi connectivity index (χ1n) is 3.90. The van der Waals surface area contributed by atoms with Crippen LogP contribution in [0.1, 0.15) is 39.5 Å². The topological polar surface area (TPSA) is 26.3 Å². The number of hydrogen-bond acceptors (Lipinski definition) is 2. The fourth-order valence-corrected chi connectivity index (χ4v) is 0.745. The Labute approximate surface area is 74.7 Å². The summed E-state index contributed by atoms with van der Waals surface area (Å²) in [5.41, 5.74) is 0. The van der Waals surface area contributed by atoms with Gasteiger partial charge < -0.3 is 4.74 Å². The third-order valence-electron chi connectivity index (χ3n) is 1.30. The van der Waals surface area contributed by atoms with Gasteiger partial charge in [-0.2, -0.15) is 0 Å². The van der Waals surface area contributed by atoms with E-state index in [1.807, 2.05) is 0 Å². The molecule has 0 atom stereocenters. The lowest BCUT2D eigenvalue weighted by molar-refractivity contribution is -0.141. The Bertz CT molecular complexity index is 94.1. The van der Waals surface area contributed by atoms with Gasteiger partial charge in [-0.05, 0) is 6.42 Å². The standard InChI is InChI=1S/C8H16O2.ClH/c1-3-4-5-6-7-10-8(2)9;/h3-7H2,1-2H3;1H. The van der Waals surface area contributed by atoms with Crippen LogP contribution < -0.4 is 0 Å². The van der Waals surface area contributed by atoms with Crippen molar-refractivity contribution in [3.63, 3.8) is 0 Å². The van der Waals surface area contributed by atoms with E-state index in [1.165, 1.54) is 26.2 Å². The second kappa shape index (κ2) is 9.76. The maximum absolute atomic E-state index is 10.3. The van der Waals surface area contributed by atoms with Gasteiger partial charge in [-0.1, -0.05) is 26.2 Å². The number of esters is 1. The molecule has 0 aromatic heterocycles. The quantitative estimate of drug-likeness (QED) is 0.480. The largest absolute Gasteiger partial charge is 0.466 e. The highest BCUT2D eigenvalue weighted by Crippen LogP contribution is 1.98. The second-order valence-electron chi connectivity index (χ2n) is 2.40. The molecule has 3 heteroatoms. The van der Waals surface area contributed by atoms with Gasteiger partial charge in [0.1, 0.15) is 0 Å². The zero-order valence-electron chi connectivity index (χ0n) is 7.26. The Morgan fingerprint density at radius 1 is 1.27 bits per heavy atom. The molecule has 0 aliphatic rings. The zero-order chi connectivity index (χ0) is 7.82. The van der Waals surface area contributed by atoms with Gasteiger partial charge in [0, 0.05) is 6.92 Å². The van der Waals surface area contributed by atoms with Crippen molar-refractivity contribution < 1.29 is 9.53 Å². The minimum Gasteiger partial charge on any atom is -0.466 e. The molecule has 2 nitrogen and oxygen atoms in total. The molecule has 11 heavy (non-hydrogen) atoms. The van der Waals surface area contributed by atoms with E-state index in [9.17, 15) is 4.79 Å². The van der Waals surface area contributed by atoms with E-state index < -0.39 is 0 Å². The lowest BCUT2D eigenvalue weighted by Gasteiger charge is -1.99. The first-order valence-corrected chi connectivity index (χ1v) is 3.90. The molecule has 0 aliphatic carbocycles. The van der Waals surface area contributed by atoms with Crippen LogP contribution >= 0.6 is 12.4 Å². The summed E-state index contributed by atoms with van der Waals surface area (Å²) < 4.78 is 4.75. The summed E-state index contributed by atoms with van der Waals surface area (Å²) in [4.78, 5) is 10.3. The molecule has 0 aliphatic heterocycles. The molecule has 0 rings (SSSR count). The van der Waals surface area contributed by atoms with Gasteiger partial charge in [-0.25, -0.2) is 0 Å². The van der Waals surface area contributed by atoms with Crippen LogP contribution in [-0.2, 0) is 9.53 Å². The van der Waals surface area contributed by atoms with Crippen molar-refractivity contribution in [2.75, 3.05) is 6.61 Å². The van der Waals surface area contributed by atoms with E-state index in [0.717, 1.165) is 6.42 Å². The maximum atomic E-state index is 10.3. The highest BCUT2D eigenvalue weighted by molar-refractivity contribution is 5.85. The molecule has 0 unspecified atom stereocenters. The number of carbonyl (C=O) groups is 1. The monoisotopic (exact) mass is 180 g/mol. The molecule has 68 valence electrons. The molecule has 0 heterocycles. The molecule has 0 fully saturated rings. The van der Waals surface area contributed by atoms with Gasteiger partial charge in [-0.3, -0.25) is 4.79 Å². The molecule has 0 amide bonds. The van der Waals surface area contributed by atoms with E-state index in [2.05, 4.69) is 6.92 Å². The molecule has 0 radical (unpaired) electrons. The molecule has 0 saturated heterocycles. The molecular formula is C8H17ClO2. The van der Waals surface area contributed by atoms with Crippen LogP contribution in [0.3, 0.4) is 0 Å². The highest BCUT2D eigenvalue weighted by Gasteiger charge is 1.91. The molecule has 0 bridgehead atoms. The SMILES string of the molecule is CCCCCCOC(C)=O.Cl. The van der Waals surface area contributed by atoms with E-state index in [0.29, 0.717) is 6.61 Å². The molecular weight excluding hydrogens is 164 g/mol. The minimum atomic E-state index is -0.170. The predicted octanol–water partition coefficient (Wildman–Crippen LogP) is 2.55. The van der Waals surface area contributed by atoms with E-state index >= 15 is 0 Å². The number of rotatable bonds is 5. The third kappa shape index (κ3) is 12.9. The minimum absolute atomic E-state index is 0. The summed E-state index contributed by atoms with van der Waals surface area (Å²) in [5, 5.41) is 0. The van der Waals surface area contributed by atoms with Crippen LogP contribution in [-0.4, -0.2) is 12.6 Å². The Kier molecular flexibility index (Phi) is 11.9. The maximum Gasteiger partial charge on any atom is 0.302 e. The third-order valence-corrected chi connectivity index (χ3v) is 1.30. The summed E-state index contributed by atoms with van der Waals surface area (Å²) in [5.74, 6) is -0.170. The van der Waals surface area contributed by atoms with Crippen LogP contribution in [0.15, 0.2) is 0 Å². The first kappa shape index (κ1) is 13.4. The van der Waals surface area contributed by atoms with E-state index in [1.54, 1.807) is 0 Å². The lowest BCUT2D eigenvalue weighted by atomic mass is 10.2. The Morgan fingerprint density at radius 2 is 1.91 bits per heavy atom. The highest BCUT2D eigenvalue weighted by atomic mass is 35.5. The fourth-order valence-electron chi connectivity index (χ4n) is 0.745. The molecule has 0 spiro atoms. The van der Waals surface area contributed by atoms with Crippen molar-refractivity contribution in [3.05, 3.63) is 0 Å². The Morgan fingerprint density at radius 3 is 2.36 bits per heavy atom. The number of ether oxygens (including phenoxy) is 1. The van der Waals surface area contributed by atoms with Crippen molar-refractivity contribution in [1.82, 2.24) is 0 Å². The normalized spacial score (nSPS) is 8.55. The lowest BCUT2D eigenvalue weighted by Crippen LogP contribution is -1.99. The van der Waals surface area contributed by atoms with Gasteiger partial charge in [0.2, 0.25) is 0 Å². The summed E-state index contributed by atoms with van der Waals surface area (Å²) in [6.07, 6.45) is 4.64. The number of carbonyl (C=O) groups excluding carboxylic acids is 1. The van der Waals surface area contributed by atoms with Gasteiger partial charge in [0.05, 0.1) is 6.61 Å². The average Bonchev–Trinajstić information content (AvgIpc) is 1.87. The van der Waals surface area contributed by atoms with Crippen LogP contribution in [0.2, 0.25) is 0 Å². The van der Waals surface area contributed by atoms with Crippen molar-refractivity contribution in [1.29, 1.82) is 0 Å². The number of halogens is 1. The predicted molar refractivity (Wildman–Crippen MR) is 48.0 cm³/mol. The molecule has 0 aromatic carbocycles. The average molecular weight is 181 g/mol. The molecule has 0 N–H and O–H groups in total. The smallest absolute Gasteiger partial charge is 0.302 e. The van der Waals surface area contributed by atoms with Crippen LogP contribution in [0, 0.1) is 0 Å². The number of hydrogen-bond donors (Lipinski definition) is 0. The van der Waals surface area contributed by atoms with Crippen LogP contribution in [0.5, 0.6) is 0 Å². The first-order chi connectivity index (χ1) is 4.77. The zero-order valence-corrected chi connectivity index (χ0v) is 8.08.